The maximum atomic E-state index is 12.5. The molecule has 1 N–H and O–H groups in total. The van der Waals surface area contributed by atoms with Crippen LogP contribution in [0.2, 0.25) is 0 Å². The van der Waals surface area contributed by atoms with Crippen LogP contribution in [0, 0.1) is 20.2 Å². The van der Waals surface area contributed by atoms with Crippen LogP contribution in [0.1, 0.15) is 27.7 Å². The number of anilines is 2. The molecule has 0 radical (unpaired) electrons. The highest BCUT2D eigenvalue weighted by atomic mass is 32.1. The first kappa shape index (κ1) is 21.0. The van der Waals surface area contributed by atoms with Gasteiger partial charge in [-0.2, -0.15) is 0 Å². The van der Waals surface area contributed by atoms with Gasteiger partial charge in [0.25, 0.3) is 17.3 Å². The third-order valence-corrected chi connectivity index (χ3v) is 5.79. The fraction of sp³-hybridized carbons (Fsp3) is 0.158. The molecule has 1 fully saturated rings. The Labute approximate surface area is 183 Å². The van der Waals surface area contributed by atoms with Crippen molar-refractivity contribution in [3.63, 3.8) is 0 Å². The molecule has 12 nitrogen and oxygen atoms in total. The van der Waals surface area contributed by atoms with Crippen LogP contribution in [-0.2, 0) is 4.79 Å². The Morgan fingerprint density at radius 3 is 2.34 bits per heavy atom. The Bertz CT molecular complexity index is 1200. The number of hydrogen-bond donors (Lipinski definition) is 1. The van der Waals surface area contributed by atoms with Crippen molar-refractivity contribution in [2.24, 2.45) is 0 Å². The van der Waals surface area contributed by atoms with Gasteiger partial charge >= 0.3 is 0 Å². The van der Waals surface area contributed by atoms with Gasteiger partial charge in [0.05, 0.1) is 21.5 Å². The molecular formula is C19H14N6O6S. The van der Waals surface area contributed by atoms with E-state index in [4.69, 9.17) is 0 Å². The summed E-state index contributed by atoms with van der Waals surface area (Å²) in [6.45, 7) is 0.419. The minimum absolute atomic E-state index is 0.0501. The van der Waals surface area contributed by atoms with E-state index in [1.54, 1.807) is 4.90 Å². The van der Waals surface area contributed by atoms with Crippen molar-refractivity contribution >= 4 is 45.3 Å². The lowest BCUT2D eigenvalue weighted by Crippen LogP contribution is -2.24. The van der Waals surface area contributed by atoms with Gasteiger partial charge in [-0.05, 0) is 12.1 Å². The largest absolute Gasteiger partial charge is 0.312 e. The summed E-state index contributed by atoms with van der Waals surface area (Å²) >= 11 is 1.07. The Morgan fingerprint density at radius 1 is 1.06 bits per heavy atom. The summed E-state index contributed by atoms with van der Waals surface area (Å²) < 4.78 is 0. The van der Waals surface area contributed by atoms with Gasteiger partial charge in [0, 0.05) is 36.7 Å². The quantitative estimate of drug-likeness (QED) is 0.439. The van der Waals surface area contributed by atoms with E-state index in [-0.39, 0.29) is 28.9 Å². The summed E-state index contributed by atoms with van der Waals surface area (Å²) in [4.78, 5) is 47.0. The molecule has 13 heteroatoms. The number of amides is 2. The second-order valence-corrected chi connectivity index (χ2v) is 7.90. The monoisotopic (exact) mass is 454 g/mol. The maximum Gasteiger partial charge on any atom is 0.277 e. The van der Waals surface area contributed by atoms with Crippen molar-refractivity contribution in [3.8, 4) is 0 Å². The van der Waals surface area contributed by atoms with Crippen molar-refractivity contribution in [3.05, 3.63) is 79.3 Å². The Morgan fingerprint density at radius 2 is 1.72 bits per heavy atom. The number of carbonyl (C=O) groups is 2. The van der Waals surface area contributed by atoms with Gasteiger partial charge in [0.2, 0.25) is 11.0 Å². The van der Waals surface area contributed by atoms with Crippen LogP contribution in [0.4, 0.5) is 22.2 Å². The van der Waals surface area contributed by atoms with Gasteiger partial charge in [0.15, 0.2) is 0 Å². The number of hydrogen-bond acceptors (Lipinski definition) is 9. The maximum absolute atomic E-state index is 12.5. The molecule has 1 aromatic heterocycles. The molecule has 2 aromatic carbocycles. The van der Waals surface area contributed by atoms with E-state index in [1.165, 1.54) is 0 Å². The third-order valence-electron chi connectivity index (χ3n) is 4.79. The van der Waals surface area contributed by atoms with Crippen molar-refractivity contribution in [1.29, 1.82) is 0 Å². The van der Waals surface area contributed by atoms with E-state index in [0.717, 1.165) is 35.2 Å². The van der Waals surface area contributed by atoms with E-state index in [2.05, 4.69) is 15.5 Å². The molecular weight excluding hydrogens is 440 g/mol. The summed E-state index contributed by atoms with van der Waals surface area (Å²) in [5, 5.41) is 33.1. The molecule has 2 amide bonds. The normalized spacial score (nSPS) is 15.6. The van der Waals surface area contributed by atoms with Crippen molar-refractivity contribution in [1.82, 2.24) is 10.2 Å². The fourth-order valence-electron chi connectivity index (χ4n) is 3.29. The van der Waals surface area contributed by atoms with Gasteiger partial charge in [-0.3, -0.25) is 35.1 Å². The molecule has 1 atom stereocenters. The number of benzene rings is 2. The van der Waals surface area contributed by atoms with Crippen molar-refractivity contribution in [2.45, 2.75) is 12.3 Å². The predicted octanol–water partition coefficient (Wildman–Crippen LogP) is 3.13. The topological polar surface area (TPSA) is 161 Å². The van der Waals surface area contributed by atoms with E-state index in [1.807, 2.05) is 30.3 Å². The Hall–Kier alpha value is -4.26. The zero-order chi connectivity index (χ0) is 22.8. The molecule has 162 valence electrons. The van der Waals surface area contributed by atoms with Gasteiger partial charge < -0.3 is 4.90 Å². The third kappa shape index (κ3) is 4.27. The van der Waals surface area contributed by atoms with Crippen LogP contribution in [0.15, 0.2) is 48.5 Å². The van der Waals surface area contributed by atoms with Gasteiger partial charge in [-0.1, -0.05) is 29.5 Å². The molecule has 0 spiro atoms. The average Bonchev–Trinajstić information content (AvgIpc) is 3.40. The second kappa shape index (κ2) is 8.47. The number of nitro groups is 2. The van der Waals surface area contributed by atoms with E-state index in [9.17, 15) is 29.8 Å². The predicted molar refractivity (Wildman–Crippen MR) is 114 cm³/mol. The van der Waals surface area contributed by atoms with Crippen LogP contribution < -0.4 is 10.2 Å². The zero-order valence-corrected chi connectivity index (χ0v) is 17.0. The molecule has 2 heterocycles. The smallest absolute Gasteiger partial charge is 0.277 e. The minimum atomic E-state index is -0.817. The van der Waals surface area contributed by atoms with Gasteiger partial charge in [-0.15, -0.1) is 10.2 Å². The zero-order valence-electron chi connectivity index (χ0n) is 16.2. The molecule has 1 aliphatic rings. The fourth-order valence-corrected chi connectivity index (χ4v) is 4.12. The molecule has 1 saturated heterocycles. The highest BCUT2D eigenvalue weighted by Crippen LogP contribution is 2.34. The van der Waals surface area contributed by atoms with E-state index >= 15 is 0 Å². The van der Waals surface area contributed by atoms with Crippen LogP contribution >= 0.6 is 11.3 Å². The summed E-state index contributed by atoms with van der Waals surface area (Å²) in [7, 11) is 0. The van der Waals surface area contributed by atoms with Crippen molar-refractivity contribution < 1.29 is 19.4 Å². The number of nitrogens with zero attached hydrogens (tertiary/aromatic N) is 5. The first-order valence-corrected chi connectivity index (χ1v) is 10.1. The number of rotatable bonds is 6. The van der Waals surface area contributed by atoms with Gasteiger partial charge in [-0.25, -0.2) is 0 Å². The van der Waals surface area contributed by atoms with Crippen LogP contribution in [-0.4, -0.2) is 38.4 Å². The molecule has 0 aliphatic carbocycles. The number of aromatic nitrogens is 2. The lowest BCUT2D eigenvalue weighted by molar-refractivity contribution is -0.394. The van der Waals surface area contributed by atoms with Crippen LogP contribution in [0.3, 0.4) is 0 Å². The summed E-state index contributed by atoms with van der Waals surface area (Å²) in [6, 6.07) is 11.9. The number of nitrogens with one attached hydrogen (secondary N) is 1. The van der Waals surface area contributed by atoms with E-state index in [0.29, 0.717) is 11.6 Å². The molecule has 3 aromatic rings. The first-order valence-electron chi connectivity index (χ1n) is 9.26. The molecule has 4 rings (SSSR count). The molecule has 1 unspecified atom stereocenters. The SMILES string of the molecule is O=C(Nc1nnc(C2CC(=O)N(c3ccccc3)C2)s1)c1cc([N+](=O)[O-])cc([N+](=O)[O-])c1. The van der Waals surface area contributed by atoms with Crippen LogP contribution in [0.25, 0.3) is 0 Å². The highest BCUT2D eigenvalue weighted by Gasteiger charge is 2.34. The summed E-state index contributed by atoms with van der Waals surface area (Å²) in [5.74, 6) is -1.05. The van der Waals surface area contributed by atoms with Crippen molar-refractivity contribution in [2.75, 3.05) is 16.8 Å². The standard InChI is InChI=1S/C19H14N6O6S/c26-16-8-12(10-23(16)13-4-2-1-3-5-13)18-21-22-19(32-18)20-17(27)11-6-14(24(28)29)9-15(7-11)25(30)31/h1-7,9,12H,8,10H2,(H,20,22,27). The van der Waals surface area contributed by atoms with E-state index < -0.39 is 27.1 Å². The Kier molecular flexibility index (Phi) is 5.55. The summed E-state index contributed by atoms with van der Waals surface area (Å²) in [5.41, 5.74) is -0.625. The average molecular weight is 454 g/mol. The molecule has 32 heavy (non-hydrogen) atoms. The number of carbonyl (C=O) groups excluding carboxylic acids is 2. The molecule has 0 saturated carbocycles. The Balaban J connectivity index is 1.49. The number of para-hydroxylation sites is 1. The van der Waals surface area contributed by atoms with Gasteiger partial charge in [0.1, 0.15) is 5.01 Å². The highest BCUT2D eigenvalue weighted by molar-refractivity contribution is 7.15. The molecule has 1 aliphatic heterocycles. The first-order chi connectivity index (χ1) is 15.3. The molecule has 0 bridgehead atoms. The van der Waals surface area contributed by atoms with Crippen LogP contribution in [0.5, 0.6) is 0 Å². The summed E-state index contributed by atoms with van der Waals surface area (Å²) in [6.07, 6.45) is 0.245. The minimum Gasteiger partial charge on any atom is -0.312 e. The number of nitro benzene ring substituents is 2. The number of non-ortho nitro benzene ring substituents is 2. The lowest BCUT2D eigenvalue weighted by atomic mass is 10.1. The lowest BCUT2D eigenvalue weighted by Gasteiger charge is -2.15. The second-order valence-electron chi connectivity index (χ2n) is 6.89.